The van der Waals surface area contributed by atoms with Crippen molar-refractivity contribution in [3.05, 3.63) is 71.8 Å². The van der Waals surface area contributed by atoms with Gasteiger partial charge in [-0.1, -0.05) is 49.4 Å². The second-order valence-electron chi connectivity index (χ2n) is 6.24. The smallest absolute Gasteiger partial charge is 0.220 e. The first-order valence-corrected chi connectivity index (χ1v) is 8.78. The molecule has 134 valence electrons. The van der Waals surface area contributed by atoms with Gasteiger partial charge in [0.1, 0.15) is 11.5 Å². The van der Waals surface area contributed by atoms with Gasteiger partial charge >= 0.3 is 0 Å². The van der Waals surface area contributed by atoms with Crippen LogP contribution in [0.15, 0.2) is 60.7 Å². The van der Waals surface area contributed by atoms with E-state index < -0.39 is 6.04 Å². The molecule has 0 radical (unpaired) electrons. The number of carbonyl (C=O) groups excluding carboxylic acids is 1. The fraction of sp³-hybridized carbons (Fsp3) is 0.227. The van der Waals surface area contributed by atoms with Gasteiger partial charge in [-0.2, -0.15) is 0 Å². The van der Waals surface area contributed by atoms with Gasteiger partial charge in [-0.25, -0.2) is 0 Å². The van der Waals surface area contributed by atoms with Gasteiger partial charge in [0.2, 0.25) is 5.91 Å². The van der Waals surface area contributed by atoms with Crippen molar-refractivity contribution in [3.8, 4) is 11.5 Å². The molecule has 26 heavy (non-hydrogen) atoms. The Bertz CT molecular complexity index is 903. The van der Waals surface area contributed by atoms with Crippen LogP contribution in [0.2, 0.25) is 0 Å². The summed E-state index contributed by atoms with van der Waals surface area (Å²) in [7, 11) is 1.62. The Morgan fingerprint density at radius 2 is 1.81 bits per heavy atom. The minimum Gasteiger partial charge on any atom is -0.508 e. The third-order valence-corrected chi connectivity index (χ3v) is 4.47. The highest BCUT2D eigenvalue weighted by atomic mass is 16.5. The highest BCUT2D eigenvalue weighted by molar-refractivity contribution is 5.89. The van der Waals surface area contributed by atoms with Gasteiger partial charge in [0, 0.05) is 12.0 Å². The van der Waals surface area contributed by atoms with Crippen molar-refractivity contribution in [1.82, 2.24) is 5.32 Å². The number of hydrogen-bond acceptors (Lipinski definition) is 3. The van der Waals surface area contributed by atoms with E-state index in [0.29, 0.717) is 12.0 Å². The number of amides is 1. The molecular formula is C22H23NO3. The van der Waals surface area contributed by atoms with E-state index in [0.717, 1.165) is 28.5 Å². The Balaban J connectivity index is 2.13. The number of phenols is 1. The fourth-order valence-corrected chi connectivity index (χ4v) is 3.17. The van der Waals surface area contributed by atoms with E-state index in [9.17, 15) is 9.90 Å². The van der Waals surface area contributed by atoms with E-state index in [4.69, 9.17) is 4.74 Å². The van der Waals surface area contributed by atoms with Crippen LogP contribution in [0, 0.1) is 0 Å². The number of hydrogen-bond donors (Lipinski definition) is 2. The normalized spacial score (nSPS) is 11.9. The van der Waals surface area contributed by atoms with E-state index >= 15 is 0 Å². The summed E-state index contributed by atoms with van der Waals surface area (Å²) in [4.78, 5) is 12.4. The number of benzene rings is 3. The van der Waals surface area contributed by atoms with E-state index in [1.807, 2.05) is 61.5 Å². The molecule has 0 aliphatic heterocycles. The van der Waals surface area contributed by atoms with Crippen LogP contribution in [-0.4, -0.2) is 18.1 Å². The maximum atomic E-state index is 12.4. The number of phenolic OH excluding ortho intramolecular Hbond substituents is 1. The average Bonchev–Trinajstić information content (AvgIpc) is 2.67. The summed E-state index contributed by atoms with van der Waals surface area (Å²) < 4.78 is 5.23. The first kappa shape index (κ1) is 17.8. The number of aromatic hydroxyl groups is 1. The number of fused-ring (bicyclic) bond motifs is 1. The average molecular weight is 349 g/mol. The van der Waals surface area contributed by atoms with Crippen LogP contribution in [0.25, 0.3) is 10.8 Å². The molecule has 3 aromatic carbocycles. The highest BCUT2D eigenvalue weighted by Crippen LogP contribution is 2.36. The molecule has 0 heterocycles. The van der Waals surface area contributed by atoms with Crippen LogP contribution in [0.5, 0.6) is 11.5 Å². The van der Waals surface area contributed by atoms with Crippen LogP contribution in [0.1, 0.15) is 36.9 Å². The molecule has 0 aliphatic carbocycles. The Hall–Kier alpha value is -3.01. The lowest BCUT2D eigenvalue weighted by Gasteiger charge is -2.23. The lowest BCUT2D eigenvalue weighted by molar-refractivity contribution is -0.121. The van der Waals surface area contributed by atoms with Crippen molar-refractivity contribution in [2.45, 2.75) is 25.8 Å². The maximum Gasteiger partial charge on any atom is 0.220 e. The molecule has 0 saturated carbocycles. The lowest BCUT2D eigenvalue weighted by atomic mass is 9.92. The summed E-state index contributed by atoms with van der Waals surface area (Å²) in [6, 6.07) is 18.5. The molecule has 4 heteroatoms. The van der Waals surface area contributed by atoms with E-state index in [1.54, 1.807) is 13.2 Å². The summed E-state index contributed by atoms with van der Waals surface area (Å²) in [6.45, 7) is 1.97. The Morgan fingerprint density at radius 1 is 1.08 bits per heavy atom. The molecule has 1 atom stereocenters. The summed E-state index contributed by atoms with van der Waals surface area (Å²) in [5, 5.41) is 15.6. The van der Waals surface area contributed by atoms with Crippen LogP contribution >= 0.6 is 0 Å². The number of rotatable bonds is 6. The minimum absolute atomic E-state index is 0.0411. The Morgan fingerprint density at radius 3 is 2.50 bits per heavy atom. The SMILES string of the molecule is CCCC(=O)N[C@@H](c1ccc(OC)cc1)c1c(O)ccc2ccccc12. The van der Waals surface area contributed by atoms with Gasteiger partial charge in [-0.3, -0.25) is 4.79 Å². The van der Waals surface area contributed by atoms with Crippen LogP contribution in [0.3, 0.4) is 0 Å². The molecule has 0 bridgehead atoms. The molecule has 2 N–H and O–H groups in total. The zero-order valence-electron chi connectivity index (χ0n) is 15.0. The minimum atomic E-state index is -0.439. The highest BCUT2D eigenvalue weighted by Gasteiger charge is 2.22. The van der Waals surface area contributed by atoms with Crippen molar-refractivity contribution in [2.24, 2.45) is 0 Å². The molecule has 3 rings (SSSR count). The van der Waals surface area contributed by atoms with Gasteiger partial charge in [-0.05, 0) is 41.0 Å². The summed E-state index contributed by atoms with van der Waals surface area (Å²) in [5.74, 6) is 0.872. The van der Waals surface area contributed by atoms with E-state index in [2.05, 4.69) is 5.32 Å². The van der Waals surface area contributed by atoms with Crippen LogP contribution < -0.4 is 10.1 Å². The molecule has 0 fully saturated rings. The topological polar surface area (TPSA) is 58.6 Å². The first-order valence-electron chi connectivity index (χ1n) is 8.78. The van der Waals surface area contributed by atoms with Crippen LogP contribution in [-0.2, 0) is 4.79 Å². The van der Waals surface area contributed by atoms with Gasteiger partial charge in [0.25, 0.3) is 0 Å². The number of nitrogens with one attached hydrogen (secondary N) is 1. The molecule has 0 spiro atoms. The van der Waals surface area contributed by atoms with Gasteiger partial charge in [-0.15, -0.1) is 0 Å². The van der Waals surface area contributed by atoms with E-state index in [-0.39, 0.29) is 11.7 Å². The molecule has 4 nitrogen and oxygen atoms in total. The molecule has 0 aliphatic rings. The van der Waals surface area contributed by atoms with Crippen molar-refractivity contribution in [2.75, 3.05) is 7.11 Å². The largest absolute Gasteiger partial charge is 0.508 e. The van der Waals surface area contributed by atoms with Gasteiger partial charge in [0.05, 0.1) is 13.2 Å². The first-order chi connectivity index (χ1) is 12.6. The fourth-order valence-electron chi connectivity index (χ4n) is 3.17. The summed E-state index contributed by atoms with van der Waals surface area (Å²) >= 11 is 0. The van der Waals surface area contributed by atoms with Gasteiger partial charge < -0.3 is 15.2 Å². The summed E-state index contributed by atoms with van der Waals surface area (Å²) in [6.07, 6.45) is 1.21. The van der Waals surface area contributed by atoms with Crippen LogP contribution in [0.4, 0.5) is 0 Å². The second kappa shape index (κ2) is 7.91. The number of ether oxygens (including phenoxy) is 1. The van der Waals surface area contributed by atoms with Crippen molar-refractivity contribution < 1.29 is 14.6 Å². The Kier molecular flexibility index (Phi) is 5.42. The lowest BCUT2D eigenvalue weighted by Crippen LogP contribution is -2.29. The standard InChI is InChI=1S/C22H23NO3/c1-3-6-20(25)23-22(16-9-12-17(26-2)13-10-16)21-18-8-5-4-7-15(18)11-14-19(21)24/h4-5,7-14,22,24H,3,6H2,1-2H3,(H,23,25)/t22-/m0/s1. The molecule has 3 aromatic rings. The molecular weight excluding hydrogens is 326 g/mol. The Labute approximate surface area is 153 Å². The third kappa shape index (κ3) is 3.64. The number of carbonyl (C=O) groups is 1. The maximum absolute atomic E-state index is 12.4. The zero-order chi connectivity index (χ0) is 18.5. The number of methoxy groups -OCH3 is 1. The molecule has 0 unspecified atom stereocenters. The van der Waals surface area contributed by atoms with Crippen molar-refractivity contribution in [1.29, 1.82) is 0 Å². The quantitative estimate of drug-likeness (QED) is 0.686. The third-order valence-electron chi connectivity index (χ3n) is 4.47. The predicted octanol–water partition coefficient (Wildman–Crippen LogP) is 4.56. The van der Waals surface area contributed by atoms with Crippen molar-refractivity contribution in [3.63, 3.8) is 0 Å². The molecule has 0 aromatic heterocycles. The van der Waals surface area contributed by atoms with E-state index in [1.165, 1.54) is 0 Å². The van der Waals surface area contributed by atoms with Gasteiger partial charge in [0.15, 0.2) is 0 Å². The summed E-state index contributed by atoms with van der Waals surface area (Å²) in [5.41, 5.74) is 1.60. The molecule has 0 saturated heterocycles. The molecule has 1 amide bonds. The monoisotopic (exact) mass is 349 g/mol. The predicted molar refractivity (Wildman–Crippen MR) is 104 cm³/mol. The van der Waals surface area contributed by atoms with Crippen molar-refractivity contribution >= 4 is 16.7 Å². The zero-order valence-corrected chi connectivity index (χ0v) is 15.0. The second-order valence-corrected chi connectivity index (χ2v) is 6.24.